The van der Waals surface area contributed by atoms with Gasteiger partial charge in [0.15, 0.2) is 0 Å². The lowest BCUT2D eigenvalue weighted by atomic mass is 10.2. The summed E-state index contributed by atoms with van der Waals surface area (Å²) in [5.41, 5.74) is 1.91. The van der Waals surface area contributed by atoms with Gasteiger partial charge in [-0.15, -0.1) is 11.3 Å². The average molecular weight is 353 g/mol. The van der Waals surface area contributed by atoms with Crippen LogP contribution < -0.4 is 10.1 Å². The molecule has 0 bridgehead atoms. The van der Waals surface area contributed by atoms with E-state index in [1.54, 1.807) is 12.4 Å². The number of carbonyl (C=O) groups is 1. The Morgan fingerprint density at radius 1 is 1.16 bits per heavy atom. The van der Waals surface area contributed by atoms with Crippen LogP contribution in [0.2, 0.25) is 0 Å². The van der Waals surface area contributed by atoms with E-state index in [9.17, 15) is 4.79 Å². The molecule has 2 aromatic heterocycles. The van der Waals surface area contributed by atoms with Gasteiger partial charge in [-0.3, -0.25) is 9.78 Å². The number of carbonyl (C=O) groups excluding carboxylic acids is 1. The fourth-order valence-electron chi connectivity index (χ4n) is 2.29. The Balaban J connectivity index is 1.52. The van der Waals surface area contributed by atoms with Gasteiger partial charge < -0.3 is 10.1 Å². The topological polar surface area (TPSA) is 64.1 Å². The Morgan fingerprint density at radius 3 is 2.68 bits per heavy atom. The van der Waals surface area contributed by atoms with E-state index in [-0.39, 0.29) is 5.91 Å². The minimum absolute atomic E-state index is 0.0147. The molecule has 0 aliphatic carbocycles. The summed E-state index contributed by atoms with van der Waals surface area (Å²) in [6, 6.07) is 13.4. The third-order valence-corrected chi connectivity index (χ3v) is 4.73. The van der Waals surface area contributed by atoms with Gasteiger partial charge in [0, 0.05) is 23.8 Å². The molecule has 0 saturated heterocycles. The second kappa shape index (κ2) is 8.39. The highest BCUT2D eigenvalue weighted by Crippen LogP contribution is 2.20. The Bertz CT molecular complexity index is 819. The SMILES string of the molecule is Cc1nc(COc2ccccc2)sc1CC(=O)NCc1ccncc1. The molecule has 0 unspecified atom stereocenters. The van der Waals surface area contributed by atoms with E-state index in [0.29, 0.717) is 19.6 Å². The van der Waals surface area contributed by atoms with Gasteiger partial charge in [0.2, 0.25) is 5.91 Å². The monoisotopic (exact) mass is 353 g/mol. The third kappa shape index (κ3) is 5.12. The number of thiazole rings is 1. The maximum Gasteiger partial charge on any atom is 0.225 e. The fraction of sp³-hybridized carbons (Fsp3) is 0.211. The van der Waals surface area contributed by atoms with Gasteiger partial charge in [-0.05, 0) is 36.8 Å². The second-order valence-electron chi connectivity index (χ2n) is 5.53. The molecule has 2 heterocycles. The highest BCUT2D eigenvalue weighted by molar-refractivity contribution is 7.11. The largest absolute Gasteiger partial charge is 0.486 e. The first-order valence-corrected chi connectivity index (χ1v) is 8.81. The van der Waals surface area contributed by atoms with Crippen molar-refractivity contribution in [1.29, 1.82) is 0 Å². The van der Waals surface area contributed by atoms with Crippen LogP contribution in [0, 0.1) is 6.92 Å². The molecule has 1 aromatic carbocycles. The zero-order valence-electron chi connectivity index (χ0n) is 13.9. The lowest BCUT2D eigenvalue weighted by molar-refractivity contribution is -0.120. The van der Waals surface area contributed by atoms with E-state index in [4.69, 9.17) is 4.74 Å². The highest BCUT2D eigenvalue weighted by atomic mass is 32.1. The number of nitrogens with zero attached hydrogens (tertiary/aromatic N) is 2. The van der Waals surface area contributed by atoms with Gasteiger partial charge in [-0.2, -0.15) is 0 Å². The molecule has 128 valence electrons. The van der Waals surface area contributed by atoms with Gasteiger partial charge in [0.1, 0.15) is 17.4 Å². The fourth-order valence-corrected chi connectivity index (χ4v) is 3.27. The predicted octanol–water partition coefficient (Wildman–Crippen LogP) is 3.28. The first-order valence-electron chi connectivity index (χ1n) is 7.99. The summed E-state index contributed by atoms with van der Waals surface area (Å²) < 4.78 is 5.71. The maximum absolute atomic E-state index is 12.1. The second-order valence-corrected chi connectivity index (χ2v) is 6.70. The molecule has 0 saturated carbocycles. The summed E-state index contributed by atoms with van der Waals surface area (Å²) >= 11 is 1.52. The molecule has 0 aliphatic rings. The zero-order chi connectivity index (χ0) is 17.5. The van der Waals surface area contributed by atoms with Crippen molar-refractivity contribution in [2.24, 2.45) is 0 Å². The first-order chi connectivity index (χ1) is 12.2. The van der Waals surface area contributed by atoms with Crippen molar-refractivity contribution in [3.63, 3.8) is 0 Å². The lowest BCUT2D eigenvalue weighted by Crippen LogP contribution is -2.24. The average Bonchev–Trinajstić information content (AvgIpc) is 2.99. The van der Waals surface area contributed by atoms with Crippen molar-refractivity contribution in [3.8, 4) is 5.75 Å². The highest BCUT2D eigenvalue weighted by Gasteiger charge is 2.12. The lowest BCUT2D eigenvalue weighted by Gasteiger charge is -2.04. The molecular formula is C19H19N3O2S. The summed E-state index contributed by atoms with van der Waals surface area (Å²) in [5, 5.41) is 3.80. The van der Waals surface area contributed by atoms with Crippen LogP contribution in [-0.2, 0) is 24.4 Å². The molecule has 0 fully saturated rings. The Labute approximate surface area is 150 Å². The summed E-state index contributed by atoms with van der Waals surface area (Å²) in [6.45, 7) is 2.84. The van der Waals surface area contributed by atoms with Crippen molar-refractivity contribution in [2.75, 3.05) is 0 Å². The van der Waals surface area contributed by atoms with E-state index < -0.39 is 0 Å². The number of amides is 1. The van der Waals surface area contributed by atoms with Crippen LogP contribution in [-0.4, -0.2) is 15.9 Å². The van der Waals surface area contributed by atoms with Crippen LogP contribution in [0.4, 0.5) is 0 Å². The van der Waals surface area contributed by atoms with Crippen molar-refractivity contribution in [1.82, 2.24) is 15.3 Å². The van der Waals surface area contributed by atoms with E-state index >= 15 is 0 Å². The molecule has 0 atom stereocenters. The Morgan fingerprint density at radius 2 is 1.92 bits per heavy atom. The number of rotatable bonds is 7. The number of nitrogens with one attached hydrogen (secondary N) is 1. The van der Waals surface area contributed by atoms with Crippen molar-refractivity contribution >= 4 is 17.2 Å². The molecule has 6 heteroatoms. The van der Waals surface area contributed by atoms with Crippen molar-refractivity contribution in [2.45, 2.75) is 26.5 Å². The summed E-state index contributed by atoms with van der Waals surface area (Å²) in [4.78, 5) is 21.6. The van der Waals surface area contributed by atoms with Gasteiger partial charge in [0.25, 0.3) is 0 Å². The van der Waals surface area contributed by atoms with Gasteiger partial charge in [0.05, 0.1) is 12.1 Å². The molecule has 25 heavy (non-hydrogen) atoms. The van der Waals surface area contributed by atoms with Crippen LogP contribution in [0.5, 0.6) is 5.75 Å². The van der Waals surface area contributed by atoms with Crippen LogP contribution in [0.3, 0.4) is 0 Å². The maximum atomic E-state index is 12.1. The normalized spacial score (nSPS) is 10.4. The Hall–Kier alpha value is -2.73. The number of aromatic nitrogens is 2. The van der Waals surface area contributed by atoms with E-state index in [1.165, 1.54) is 11.3 Å². The van der Waals surface area contributed by atoms with E-state index in [0.717, 1.165) is 26.9 Å². The molecular weight excluding hydrogens is 334 g/mol. The number of hydrogen-bond donors (Lipinski definition) is 1. The molecule has 1 N–H and O–H groups in total. The number of para-hydroxylation sites is 1. The minimum Gasteiger partial charge on any atom is -0.486 e. The van der Waals surface area contributed by atoms with Crippen molar-refractivity contribution < 1.29 is 9.53 Å². The molecule has 1 amide bonds. The number of benzene rings is 1. The number of hydrogen-bond acceptors (Lipinski definition) is 5. The number of aryl methyl sites for hydroxylation is 1. The number of pyridine rings is 1. The van der Waals surface area contributed by atoms with E-state index in [2.05, 4.69) is 15.3 Å². The van der Waals surface area contributed by atoms with Crippen LogP contribution >= 0.6 is 11.3 Å². The van der Waals surface area contributed by atoms with Crippen LogP contribution in [0.15, 0.2) is 54.9 Å². The molecule has 5 nitrogen and oxygen atoms in total. The van der Waals surface area contributed by atoms with Gasteiger partial charge >= 0.3 is 0 Å². The quantitative estimate of drug-likeness (QED) is 0.708. The standard InChI is InChI=1S/C19H19N3O2S/c1-14-17(11-18(23)21-12-15-7-9-20-10-8-15)25-19(22-14)13-24-16-5-3-2-4-6-16/h2-10H,11-13H2,1H3,(H,21,23). The Kier molecular flexibility index (Phi) is 5.74. The zero-order valence-corrected chi connectivity index (χ0v) is 14.8. The van der Waals surface area contributed by atoms with Crippen LogP contribution in [0.1, 0.15) is 21.1 Å². The minimum atomic E-state index is -0.0147. The molecule has 0 aliphatic heterocycles. The predicted molar refractivity (Wildman–Crippen MR) is 97.4 cm³/mol. The van der Waals surface area contributed by atoms with Crippen molar-refractivity contribution in [3.05, 3.63) is 76.0 Å². The molecule has 0 radical (unpaired) electrons. The number of ether oxygens (including phenoxy) is 1. The summed E-state index contributed by atoms with van der Waals surface area (Å²) in [5.74, 6) is 0.797. The molecule has 0 spiro atoms. The van der Waals surface area contributed by atoms with Gasteiger partial charge in [-0.25, -0.2) is 4.98 Å². The van der Waals surface area contributed by atoms with E-state index in [1.807, 2.05) is 49.4 Å². The molecule has 3 aromatic rings. The molecule has 3 rings (SSSR count). The van der Waals surface area contributed by atoms with Gasteiger partial charge in [-0.1, -0.05) is 18.2 Å². The smallest absolute Gasteiger partial charge is 0.225 e. The first kappa shape index (κ1) is 17.1. The summed E-state index contributed by atoms with van der Waals surface area (Å²) in [6.07, 6.45) is 3.77. The third-order valence-electron chi connectivity index (χ3n) is 3.60. The van der Waals surface area contributed by atoms with Crippen LogP contribution in [0.25, 0.3) is 0 Å². The summed E-state index contributed by atoms with van der Waals surface area (Å²) in [7, 11) is 0.